The lowest BCUT2D eigenvalue weighted by Crippen LogP contribution is -2.30. The van der Waals surface area contributed by atoms with E-state index in [1.807, 2.05) is 0 Å². The second-order valence-corrected chi connectivity index (χ2v) is 6.98. The summed E-state index contributed by atoms with van der Waals surface area (Å²) in [5.74, 6) is -3.89. The number of esters is 1. The van der Waals surface area contributed by atoms with E-state index in [-0.39, 0.29) is 10.6 Å². The van der Waals surface area contributed by atoms with E-state index >= 15 is 0 Å². The zero-order valence-corrected chi connectivity index (χ0v) is 14.6. The Morgan fingerprint density at radius 1 is 1.21 bits per heavy atom. The molecular weight excluding hydrogens is 383 g/mol. The van der Waals surface area contributed by atoms with E-state index in [0.29, 0.717) is 23.0 Å². The number of benzene rings is 1. The fourth-order valence-electron chi connectivity index (χ4n) is 1.75. The van der Waals surface area contributed by atoms with Crippen LogP contribution < -0.4 is 0 Å². The van der Waals surface area contributed by atoms with Gasteiger partial charge in [-0.15, -0.1) is 11.3 Å². The number of nitrogens with zero attached hydrogens (tertiary/aromatic N) is 1. The van der Waals surface area contributed by atoms with Crippen LogP contribution in [0.1, 0.15) is 15.2 Å². The number of hydrogen-bond donors (Lipinski definition) is 0. The molecule has 4 nitrogen and oxygen atoms in total. The van der Waals surface area contributed by atoms with Gasteiger partial charge in [-0.2, -0.15) is 0 Å². The standard InChI is InChI=1S/C15H11Cl2F2NO3S/c1-20(6-8-2-3-13(17)24-8)14(21)7-23-15(22)9-4-11(18)12(19)5-10(9)16/h2-5H,6-7H2,1H3. The minimum absolute atomic E-state index is 0.298. The maximum Gasteiger partial charge on any atom is 0.340 e. The van der Waals surface area contributed by atoms with Gasteiger partial charge in [0.05, 0.1) is 21.5 Å². The van der Waals surface area contributed by atoms with E-state index in [0.717, 1.165) is 4.88 Å². The molecule has 0 saturated heterocycles. The SMILES string of the molecule is CN(Cc1ccc(Cl)s1)C(=O)COC(=O)c1cc(F)c(F)cc1Cl. The predicted octanol–water partition coefficient (Wildman–Crippen LogP) is 4.15. The molecule has 1 heterocycles. The van der Waals surface area contributed by atoms with Crippen LogP contribution in [0, 0.1) is 11.6 Å². The number of carbonyl (C=O) groups excluding carboxylic acids is 2. The smallest absolute Gasteiger partial charge is 0.340 e. The van der Waals surface area contributed by atoms with Crippen LogP contribution in [0.5, 0.6) is 0 Å². The number of rotatable bonds is 5. The molecule has 0 aliphatic carbocycles. The van der Waals surface area contributed by atoms with Crippen LogP contribution in [0.4, 0.5) is 8.78 Å². The molecule has 0 atom stereocenters. The first-order valence-corrected chi connectivity index (χ1v) is 8.15. The molecule has 0 unspecified atom stereocenters. The van der Waals surface area contributed by atoms with Gasteiger partial charge in [0.1, 0.15) is 0 Å². The largest absolute Gasteiger partial charge is 0.452 e. The third-order valence-electron chi connectivity index (χ3n) is 3.00. The Morgan fingerprint density at radius 3 is 2.50 bits per heavy atom. The molecule has 128 valence electrons. The molecular formula is C15H11Cl2F2NO3S. The van der Waals surface area contributed by atoms with E-state index in [4.69, 9.17) is 27.9 Å². The third kappa shape index (κ3) is 4.66. The number of halogens is 4. The van der Waals surface area contributed by atoms with Gasteiger partial charge in [-0.3, -0.25) is 4.79 Å². The normalized spacial score (nSPS) is 10.5. The highest BCUT2D eigenvalue weighted by atomic mass is 35.5. The molecule has 0 spiro atoms. The van der Waals surface area contributed by atoms with E-state index in [9.17, 15) is 18.4 Å². The van der Waals surface area contributed by atoms with E-state index in [2.05, 4.69) is 0 Å². The number of amides is 1. The molecule has 1 aromatic carbocycles. The molecule has 1 aromatic heterocycles. The maximum absolute atomic E-state index is 13.2. The van der Waals surface area contributed by atoms with Gasteiger partial charge in [0.2, 0.25) is 0 Å². The number of carbonyl (C=O) groups is 2. The number of hydrogen-bond acceptors (Lipinski definition) is 4. The lowest BCUT2D eigenvalue weighted by molar-refractivity contribution is -0.133. The first kappa shape index (κ1) is 18.6. The zero-order valence-electron chi connectivity index (χ0n) is 12.3. The Hall–Kier alpha value is -1.70. The predicted molar refractivity (Wildman–Crippen MR) is 87.5 cm³/mol. The highest BCUT2D eigenvalue weighted by Crippen LogP contribution is 2.23. The summed E-state index contributed by atoms with van der Waals surface area (Å²) in [7, 11) is 1.54. The molecule has 0 N–H and O–H groups in total. The van der Waals surface area contributed by atoms with Gasteiger partial charge in [0.15, 0.2) is 18.2 Å². The van der Waals surface area contributed by atoms with E-state index < -0.39 is 30.1 Å². The van der Waals surface area contributed by atoms with Crippen LogP contribution in [0.3, 0.4) is 0 Å². The van der Waals surface area contributed by atoms with Crippen molar-refractivity contribution in [3.05, 3.63) is 55.7 Å². The summed E-state index contributed by atoms with van der Waals surface area (Å²) in [5.41, 5.74) is -0.351. The molecule has 0 radical (unpaired) electrons. The van der Waals surface area contributed by atoms with Crippen molar-refractivity contribution >= 4 is 46.4 Å². The fraction of sp³-hybridized carbons (Fsp3) is 0.200. The minimum atomic E-state index is -1.23. The third-order valence-corrected chi connectivity index (χ3v) is 4.53. The van der Waals surface area contributed by atoms with Crippen LogP contribution in [0.25, 0.3) is 0 Å². The van der Waals surface area contributed by atoms with Crippen LogP contribution in [0.15, 0.2) is 24.3 Å². The van der Waals surface area contributed by atoms with Crippen molar-refractivity contribution in [1.82, 2.24) is 4.90 Å². The van der Waals surface area contributed by atoms with Gasteiger partial charge >= 0.3 is 5.97 Å². The van der Waals surface area contributed by atoms with Crippen molar-refractivity contribution in [3.63, 3.8) is 0 Å². The quantitative estimate of drug-likeness (QED) is 0.566. The number of thiophene rings is 1. The second kappa shape index (κ2) is 7.92. The van der Waals surface area contributed by atoms with E-state index in [1.165, 1.54) is 23.3 Å². The summed E-state index contributed by atoms with van der Waals surface area (Å²) in [6.45, 7) is -0.247. The van der Waals surface area contributed by atoms with Crippen LogP contribution in [0.2, 0.25) is 9.36 Å². The number of ether oxygens (including phenoxy) is 1. The lowest BCUT2D eigenvalue weighted by Gasteiger charge is -2.16. The molecule has 9 heteroatoms. The molecule has 24 heavy (non-hydrogen) atoms. The van der Waals surface area contributed by atoms with Crippen molar-refractivity contribution in [2.75, 3.05) is 13.7 Å². The molecule has 0 aliphatic heterocycles. The summed E-state index contributed by atoms with van der Waals surface area (Å²) in [4.78, 5) is 26.0. The van der Waals surface area contributed by atoms with Gasteiger partial charge in [-0.05, 0) is 24.3 Å². The minimum Gasteiger partial charge on any atom is -0.452 e. The molecule has 2 aromatic rings. The van der Waals surface area contributed by atoms with Crippen molar-refractivity contribution in [2.45, 2.75) is 6.54 Å². The van der Waals surface area contributed by atoms with E-state index in [1.54, 1.807) is 12.1 Å². The Bertz CT molecular complexity index is 782. The molecule has 0 fully saturated rings. The highest BCUT2D eigenvalue weighted by Gasteiger charge is 2.19. The molecule has 1 amide bonds. The van der Waals surface area contributed by atoms with Crippen molar-refractivity contribution < 1.29 is 23.1 Å². The molecule has 2 rings (SSSR count). The second-order valence-electron chi connectivity index (χ2n) is 4.78. The Labute approximate surface area is 150 Å². The van der Waals surface area contributed by atoms with Crippen molar-refractivity contribution in [1.29, 1.82) is 0 Å². The Kier molecular flexibility index (Phi) is 6.15. The molecule has 0 saturated carbocycles. The van der Waals surface area contributed by atoms with Crippen LogP contribution in [-0.4, -0.2) is 30.4 Å². The summed E-state index contributed by atoms with van der Waals surface area (Å²) in [6.07, 6.45) is 0. The first-order valence-electron chi connectivity index (χ1n) is 6.57. The summed E-state index contributed by atoms with van der Waals surface area (Å²) >= 11 is 12.8. The highest BCUT2D eigenvalue weighted by molar-refractivity contribution is 7.16. The monoisotopic (exact) mass is 393 g/mol. The summed E-state index contributed by atoms with van der Waals surface area (Å²) in [5, 5.41) is -0.298. The van der Waals surface area contributed by atoms with Crippen molar-refractivity contribution in [2.24, 2.45) is 0 Å². The molecule has 0 aliphatic rings. The van der Waals surface area contributed by atoms with Crippen LogP contribution in [-0.2, 0) is 16.1 Å². The summed E-state index contributed by atoms with van der Waals surface area (Å²) in [6, 6.07) is 4.79. The van der Waals surface area contributed by atoms with Gasteiger partial charge in [-0.1, -0.05) is 23.2 Å². The number of likely N-dealkylation sites (N-methyl/N-ethyl adjacent to an activating group) is 1. The Balaban J connectivity index is 1.93. The maximum atomic E-state index is 13.2. The van der Waals surface area contributed by atoms with Crippen LogP contribution >= 0.6 is 34.5 Å². The van der Waals surface area contributed by atoms with Gasteiger partial charge in [0, 0.05) is 11.9 Å². The first-order chi connectivity index (χ1) is 11.3. The van der Waals surface area contributed by atoms with Crippen molar-refractivity contribution in [3.8, 4) is 0 Å². The average molecular weight is 394 g/mol. The molecule has 0 bridgehead atoms. The summed E-state index contributed by atoms with van der Waals surface area (Å²) < 4.78 is 31.5. The zero-order chi connectivity index (χ0) is 17.9. The lowest BCUT2D eigenvalue weighted by atomic mass is 10.2. The van der Waals surface area contributed by atoms with Gasteiger partial charge in [-0.25, -0.2) is 13.6 Å². The topological polar surface area (TPSA) is 46.6 Å². The average Bonchev–Trinajstić information content (AvgIpc) is 2.93. The van der Waals surface area contributed by atoms with Gasteiger partial charge in [0.25, 0.3) is 5.91 Å². The Morgan fingerprint density at radius 2 is 1.88 bits per heavy atom. The fourth-order valence-corrected chi connectivity index (χ4v) is 3.12. The van der Waals surface area contributed by atoms with Gasteiger partial charge < -0.3 is 9.64 Å².